The third-order valence-corrected chi connectivity index (χ3v) is 6.84. The summed E-state index contributed by atoms with van der Waals surface area (Å²) >= 11 is 3.13. The van der Waals surface area contributed by atoms with Crippen molar-refractivity contribution < 1.29 is 4.79 Å². The molecule has 7 heteroatoms. The van der Waals surface area contributed by atoms with Crippen molar-refractivity contribution in [3.8, 4) is 10.7 Å². The monoisotopic (exact) mass is 412 g/mol. The Morgan fingerprint density at radius 3 is 2.82 bits per heavy atom. The van der Waals surface area contributed by atoms with Crippen molar-refractivity contribution in [3.63, 3.8) is 0 Å². The molecule has 1 N–H and O–H groups in total. The molecule has 0 aliphatic heterocycles. The van der Waals surface area contributed by atoms with Crippen molar-refractivity contribution in [2.24, 2.45) is 0 Å². The highest BCUT2D eigenvalue weighted by molar-refractivity contribution is 7.99. The van der Waals surface area contributed by atoms with Gasteiger partial charge in [-0.05, 0) is 48.3 Å². The molecular formula is C21H24N4OS2. The fraction of sp³-hybridized carbons (Fsp3) is 0.381. The van der Waals surface area contributed by atoms with Crippen molar-refractivity contribution in [3.05, 3.63) is 47.3 Å². The lowest BCUT2D eigenvalue weighted by atomic mass is 9.97. The number of thiophene rings is 1. The zero-order valence-electron chi connectivity index (χ0n) is 16.1. The van der Waals surface area contributed by atoms with E-state index in [4.69, 9.17) is 0 Å². The van der Waals surface area contributed by atoms with Crippen LogP contribution in [0.15, 0.2) is 46.9 Å². The number of benzene rings is 1. The molecule has 0 spiro atoms. The summed E-state index contributed by atoms with van der Waals surface area (Å²) in [5.41, 5.74) is 2.09. The summed E-state index contributed by atoms with van der Waals surface area (Å²) in [4.78, 5) is 13.7. The number of para-hydroxylation sites is 1. The Morgan fingerprint density at radius 1 is 1.29 bits per heavy atom. The number of carbonyl (C=O) groups excluding carboxylic acids is 1. The summed E-state index contributed by atoms with van der Waals surface area (Å²) in [5, 5.41) is 14.7. The number of anilines is 1. The van der Waals surface area contributed by atoms with E-state index in [1.165, 1.54) is 17.3 Å². The largest absolute Gasteiger partial charge is 0.325 e. The molecule has 0 unspecified atom stereocenters. The third kappa shape index (κ3) is 4.15. The molecule has 4 rings (SSSR count). The lowest BCUT2D eigenvalue weighted by Crippen LogP contribution is -2.16. The van der Waals surface area contributed by atoms with E-state index in [1.54, 1.807) is 11.3 Å². The Kier molecular flexibility index (Phi) is 5.82. The Labute approximate surface area is 173 Å². The van der Waals surface area contributed by atoms with Crippen LogP contribution in [-0.4, -0.2) is 26.4 Å². The Hall–Kier alpha value is -2.12. The van der Waals surface area contributed by atoms with E-state index in [-0.39, 0.29) is 5.91 Å². The Balaban J connectivity index is 1.45. The molecule has 0 radical (unpaired) electrons. The predicted molar refractivity (Wildman–Crippen MR) is 116 cm³/mol. The number of rotatable bonds is 8. The second-order valence-corrected chi connectivity index (χ2v) is 9.01. The fourth-order valence-corrected chi connectivity index (χ4v) is 4.70. The standard InChI is InChI=1S/C21H24N4OS2/c1-3-14(2)16-7-4-5-8-17(16)22-19(26)13-28-21-24-23-20(18-9-6-12-27-18)25(21)15-10-11-15/h4-9,12,14-15H,3,10-11,13H2,1-2H3,(H,22,26)/t14-/m1/s1. The molecule has 1 aromatic carbocycles. The quantitative estimate of drug-likeness (QED) is 0.490. The first-order chi connectivity index (χ1) is 13.7. The van der Waals surface area contributed by atoms with Gasteiger partial charge in [0.15, 0.2) is 11.0 Å². The highest BCUT2D eigenvalue weighted by atomic mass is 32.2. The molecule has 0 saturated heterocycles. The maximum atomic E-state index is 12.6. The molecule has 1 aliphatic rings. The van der Waals surface area contributed by atoms with E-state index in [2.05, 4.69) is 51.4 Å². The van der Waals surface area contributed by atoms with Crippen LogP contribution >= 0.6 is 23.1 Å². The summed E-state index contributed by atoms with van der Waals surface area (Å²) in [6, 6.07) is 12.6. The normalized spacial score (nSPS) is 14.8. The van der Waals surface area contributed by atoms with Gasteiger partial charge in [-0.2, -0.15) is 0 Å². The molecule has 1 atom stereocenters. The van der Waals surface area contributed by atoms with E-state index < -0.39 is 0 Å². The van der Waals surface area contributed by atoms with Gasteiger partial charge in [0.1, 0.15) is 0 Å². The summed E-state index contributed by atoms with van der Waals surface area (Å²) in [6.45, 7) is 4.35. The van der Waals surface area contributed by atoms with E-state index >= 15 is 0 Å². The number of amides is 1. The van der Waals surface area contributed by atoms with Gasteiger partial charge in [0.05, 0.1) is 10.6 Å². The van der Waals surface area contributed by atoms with Gasteiger partial charge in [0.2, 0.25) is 5.91 Å². The second kappa shape index (κ2) is 8.49. The van der Waals surface area contributed by atoms with Crippen LogP contribution in [0.1, 0.15) is 50.6 Å². The number of nitrogens with one attached hydrogen (secondary N) is 1. The first-order valence-electron chi connectivity index (χ1n) is 9.67. The lowest BCUT2D eigenvalue weighted by molar-refractivity contribution is -0.113. The highest BCUT2D eigenvalue weighted by Gasteiger charge is 2.30. The van der Waals surface area contributed by atoms with Gasteiger partial charge < -0.3 is 5.32 Å². The summed E-state index contributed by atoms with van der Waals surface area (Å²) in [5.74, 6) is 1.64. The minimum Gasteiger partial charge on any atom is -0.325 e. The van der Waals surface area contributed by atoms with E-state index in [0.29, 0.717) is 17.7 Å². The number of carbonyl (C=O) groups is 1. The van der Waals surface area contributed by atoms with Crippen molar-refractivity contribution in [2.45, 2.75) is 50.2 Å². The number of hydrogen-bond acceptors (Lipinski definition) is 5. The lowest BCUT2D eigenvalue weighted by Gasteiger charge is -2.15. The van der Waals surface area contributed by atoms with E-state index in [0.717, 1.165) is 40.8 Å². The second-order valence-electron chi connectivity index (χ2n) is 7.12. The zero-order valence-corrected chi connectivity index (χ0v) is 17.7. The van der Waals surface area contributed by atoms with E-state index in [1.807, 2.05) is 24.3 Å². The van der Waals surface area contributed by atoms with Crippen LogP contribution in [0.25, 0.3) is 10.7 Å². The molecule has 2 aromatic heterocycles. The SMILES string of the molecule is CC[C@@H](C)c1ccccc1NC(=O)CSc1nnc(-c2cccs2)n1C1CC1. The first kappa shape index (κ1) is 19.2. The molecule has 5 nitrogen and oxygen atoms in total. The van der Waals surface area contributed by atoms with Gasteiger partial charge in [-0.1, -0.05) is 49.9 Å². The average Bonchev–Trinajstić information content (AvgIpc) is 3.23. The Bertz CT molecular complexity index is 947. The Morgan fingerprint density at radius 2 is 2.11 bits per heavy atom. The van der Waals surface area contributed by atoms with Crippen molar-refractivity contribution >= 4 is 34.7 Å². The molecule has 146 valence electrons. The van der Waals surface area contributed by atoms with E-state index in [9.17, 15) is 4.79 Å². The molecule has 1 fully saturated rings. The number of hydrogen-bond donors (Lipinski definition) is 1. The molecule has 1 saturated carbocycles. The molecular weight excluding hydrogens is 388 g/mol. The number of aromatic nitrogens is 3. The van der Waals surface area contributed by atoms with Crippen molar-refractivity contribution in [1.82, 2.24) is 14.8 Å². The van der Waals surface area contributed by atoms with Crippen LogP contribution in [0, 0.1) is 0 Å². The van der Waals surface area contributed by atoms with Gasteiger partial charge in [-0.3, -0.25) is 9.36 Å². The van der Waals surface area contributed by atoms with Crippen molar-refractivity contribution in [2.75, 3.05) is 11.1 Å². The molecule has 2 heterocycles. The third-order valence-electron chi connectivity index (χ3n) is 5.03. The van der Waals surface area contributed by atoms with Crippen LogP contribution in [0.3, 0.4) is 0 Å². The van der Waals surface area contributed by atoms with Crippen LogP contribution in [-0.2, 0) is 4.79 Å². The summed E-state index contributed by atoms with van der Waals surface area (Å²) in [6.07, 6.45) is 3.34. The molecule has 1 aliphatic carbocycles. The van der Waals surface area contributed by atoms with Gasteiger partial charge in [-0.15, -0.1) is 21.5 Å². The van der Waals surface area contributed by atoms with Crippen LogP contribution in [0.5, 0.6) is 0 Å². The average molecular weight is 413 g/mol. The number of thioether (sulfide) groups is 1. The molecule has 0 bridgehead atoms. The molecule has 1 amide bonds. The van der Waals surface area contributed by atoms with Gasteiger partial charge in [0.25, 0.3) is 0 Å². The summed E-state index contributed by atoms with van der Waals surface area (Å²) < 4.78 is 2.21. The minimum absolute atomic E-state index is 0.0104. The first-order valence-corrected chi connectivity index (χ1v) is 11.5. The minimum atomic E-state index is -0.0104. The number of nitrogens with zero attached hydrogens (tertiary/aromatic N) is 3. The van der Waals surface area contributed by atoms with Crippen molar-refractivity contribution in [1.29, 1.82) is 0 Å². The zero-order chi connectivity index (χ0) is 19.5. The predicted octanol–water partition coefficient (Wildman–Crippen LogP) is 5.59. The highest BCUT2D eigenvalue weighted by Crippen LogP contribution is 2.41. The van der Waals surface area contributed by atoms with Crippen LogP contribution in [0.4, 0.5) is 5.69 Å². The maximum Gasteiger partial charge on any atom is 0.234 e. The van der Waals surface area contributed by atoms with Gasteiger partial charge >= 0.3 is 0 Å². The maximum absolute atomic E-state index is 12.6. The smallest absolute Gasteiger partial charge is 0.234 e. The van der Waals surface area contributed by atoms with Crippen LogP contribution in [0.2, 0.25) is 0 Å². The molecule has 3 aromatic rings. The van der Waals surface area contributed by atoms with Gasteiger partial charge in [0, 0.05) is 11.7 Å². The topological polar surface area (TPSA) is 59.8 Å². The van der Waals surface area contributed by atoms with Gasteiger partial charge in [-0.25, -0.2) is 0 Å². The fourth-order valence-electron chi connectivity index (χ4n) is 3.19. The van der Waals surface area contributed by atoms with Crippen LogP contribution < -0.4 is 5.32 Å². The summed E-state index contributed by atoms with van der Waals surface area (Å²) in [7, 11) is 0. The molecule has 28 heavy (non-hydrogen) atoms.